The first kappa shape index (κ1) is 20.4. The number of carbonyl (C=O) groups is 1. The fraction of sp³-hybridized carbons (Fsp3) is 0.190. The first-order valence-electron chi connectivity index (χ1n) is 9.47. The molecule has 7 nitrogen and oxygen atoms in total. The molecule has 1 saturated heterocycles. The first-order chi connectivity index (χ1) is 14.5. The summed E-state index contributed by atoms with van der Waals surface area (Å²) in [5.41, 5.74) is 1.99. The maximum absolute atomic E-state index is 12.8. The fourth-order valence-corrected chi connectivity index (χ4v) is 6.04. The number of nitrogens with one attached hydrogen (secondary N) is 1. The molecule has 4 rings (SSSR count). The maximum atomic E-state index is 12.8. The van der Waals surface area contributed by atoms with Gasteiger partial charge >= 0.3 is 0 Å². The van der Waals surface area contributed by atoms with E-state index in [0.29, 0.717) is 30.8 Å². The van der Waals surface area contributed by atoms with Gasteiger partial charge in [0.1, 0.15) is 10.3 Å². The predicted octanol–water partition coefficient (Wildman–Crippen LogP) is 4.96. The molecule has 0 saturated carbocycles. The Labute approximate surface area is 179 Å². The molecule has 30 heavy (non-hydrogen) atoms. The van der Waals surface area contributed by atoms with E-state index in [0.717, 1.165) is 17.0 Å². The van der Waals surface area contributed by atoms with Crippen LogP contribution in [-0.2, 0) is 14.8 Å². The summed E-state index contributed by atoms with van der Waals surface area (Å²) in [6.07, 6.45) is 1.15. The highest BCUT2D eigenvalue weighted by Gasteiger charge is 2.39. The van der Waals surface area contributed by atoms with Crippen LogP contribution in [0.3, 0.4) is 0 Å². The zero-order valence-electron chi connectivity index (χ0n) is 16.0. The van der Waals surface area contributed by atoms with E-state index in [1.54, 1.807) is 41.8 Å². The van der Waals surface area contributed by atoms with E-state index < -0.39 is 16.1 Å². The molecule has 1 aliphatic heterocycles. The van der Waals surface area contributed by atoms with Gasteiger partial charge in [-0.2, -0.15) is 14.5 Å². The minimum absolute atomic E-state index is 0.260. The van der Waals surface area contributed by atoms with Crippen LogP contribution in [-0.4, -0.2) is 31.2 Å². The van der Waals surface area contributed by atoms with Gasteiger partial charge in [-0.3, -0.25) is 4.79 Å². The Morgan fingerprint density at radius 3 is 2.33 bits per heavy atom. The molecule has 0 spiro atoms. The lowest BCUT2D eigenvalue weighted by molar-refractivity contribution is -0.119. The summed E-state index contributed by atoms with van der Waals surface area (Å²) >= 11 is 1.16. The monoisotopic (exact) mass is 440 g/mol. The molecular formula is C21H20N4O3S2. The van der Waals surface area contributed by atoms with Crippen LogP contribution in [0.5, 0.6) is 0 Å². The average Bonchev–Trinajstić information content (AvgIpc) is 3.47. The Morgan fingerprint density at radius 2 is 1.67 bits per heavy atom. The van der Waals surface area contributed by atoms with Gasteiger partial charge in [-0.1, -0.05) is 24.3 Å². The Bertz CT molecular complexity index is 1130. The zero-order valence-corrected chi connectivity index (χ0v) is 17.6. The molecule has 0 radical (unpaired) electrons. The van der Waals surface area contributed by atoms with Crippen LogP contribution < -0.4 is 5.32 Å². The number of benzene rings is 2. The van der Waals surface area contributed by atoms with Crippen molar-refractivity contribution in [2.45, 2.75) is 23.1 Å². The molecule has 0 bridgehead atoms. The van der Waals surface area contributed by atoms with Crippen LogP contribution in [0.1, 0.15) is 12.8 Å². The third-order valence-electron chi connectivity index (χ3n) is 4.74. The molecule has 0 aliphatic carbocycles. The largest absolute Gasteiger partial charge is 0.325 e. The van der Waals surface area contributed by atoms with Gasteiger partial charge in [0.05, 0.1) is 11.4 Å². The second-order valence-electron chi connectivity index (χ2n) is 6.78. The molecule has 1 atom stereocenters. The summed E-state index contributed by atoms with van der Waals surface area (Å²) < 4.78 is 27.2. The third kappa shape index (κ3) is 4.48. The van der Waals surface area contributed by atoms with Gasteiger partial charge in [0.15, 0.2) is 0 Å². The van der Waals surface area contributed by atoms with Gasteiger partial charge < -0.3 is 5.32 Å². The lowest BCUT2D eigenvalue weighted by Gasteiger charge is -2.22. The van der Waals surface area contributed by atoms with E-state index in [-0.39, 0.29) is 10.1 Å². The number of nitrogens with zero attached hydrogens (tertiary/aromatic N) is 3. The zero-order chi connectivity index (χ0) is 21.0. The minimum atomic E-state index is -3.66. The molecular weight excluding hydrogens is 420 g/mol. The second-order valence-corrected chi connectivity index (χ2v) is 9.84. The fourth-order valence-electron chi connectivity index (χ4n) is 3.26. The summed E-state index contributed by atoms with van der Waals surface area (Å²) in [6, 6.07) is 18.9. The number of hydrogen-bond acceptors (Lipinski definition) is 6. The Kier molecular flexibility index (Phi) is 6.03. The van der Waals surface area contributed by atoms with Crippen molar-refractivity contribution in [2.24, 2.45) is 10.2 Å². The first-order valence-corrected chi connectivity index (χ1v) is 11.8. The number of amides is 1. The van der Waals surface area contributed by atoms with Crippen molar-refractivity contribution in [3.63, 3.8) is 0 Å². The molecule has 1 aromatic heterocycles. The van der Waals surface area contributed by atoms with Crippen molar-refractivity contribution in [3.05, 3.63) is 72.1 Å². The summed E-state index contributed by atoms with van der Waals surface area (Å²) in [5, 5.41) is 12.9. The summed E-state index contributed by atoms with van der Waals surface area (Å²) in [6.45, 7) is 0.344. The SMILES string of the molecule is O=C(Nc1ccc(N=Nc2ccccc2)cc1)C1CCCN1S(=O)(=O)c1cccs1. The highest BCUT2D eigenvalue weighted by atomic mass is 32.2. The number of hydrogen-bond donors (Lipinski definition) is 1. The van der Waals surface area contributed by atoms with Crippen molar-refractivity contribution >= 4 is 44.3 Å². The molecule has 1 amide bonds. The molecule has 154 valence electrons. The lowest BCUT2D eigenvalue weighted by Crippen LogP contribution is -2.42. The van der Waals surface area contributed by atoms with Gasteiger partial charge in [-0.15, -0.1) is 11.3 Å². The molecule has 2 heterocycles. The minimum Gasteiger partial charge on any atom is -0.325 e. The van der Waals surface area contributed by atoms with Crippen LogP contribution >= 0.6 is 11.3 Å². The van der Waals surface area contributed by atoms with Crippen LogP contribution in [0, 0.1) is 0 Å². The number of carbonyl (C=O) groups excluding carboxylic acids is 1. The van der Waals surface area contributed by atoms with E-state index in [9.17, 15) is 13.2 Å². The van der Waals surface area contributed by atoms with Gasteiger partial charge in [0.2, 0.25) is 5.91 Å². The second kappa shape index (κ2) is 8.86. The normalized spacial score (nSPS) is 17.4. The van der Waals surface area contributed by atoms with Crippen LogP contribution in [0.15, 0.2) is 86.5 Å². The molecule has 2 aromatic carbocycles. The summed E-state index contributed by atoms with van der Waals surface area (Å²) in [5.74, 6) is -0.328. The predicted molar refractivity (Wildman–Crippen MR) is 117 cm³/mol. The highest BCUT2D eigenvalue weighted by Crippen LogP contribution is 2.29. The smallest absolute Gasteiger partial charge is 0.253 e. The molecule has 1 N–H and O–H groups in total. The lowest BCUT2D eigenvalue weighted by atomic mass is 10.2. The van der Waals surface area contributed by atoms with E-state index in [1.165, 1.54) is 4.31 Å². The highest BCUT2D eigenvalue weighted by molar-refractivity contribution is 7.91. The van der Waals surface area contributed by atoms with E-state index >= 15 is 0 Å². The molecule has 1 fully saturated rings. The number of anilines is 1. The molecule has 1 aliphatic rings. The van der Waals surface area contributed by atoms with Crippen molar-refractivity contribution in [1.29, 1.82) is 0 Å². The quantitative estimate of drug-likeness (QED) is 0.550. The van der Waals surface area contributed by atoms with Crippen LogP contribution in [0.2, 0.25) is 0 Å². The number of thiophene rings is 1. The van der Waals surface area contributed by atoms with Gasteiger partial charge in [0.25, 0.3) is 10.0 Å². The van der Waals surface area contributed by atoms with Gasteiger partial charge in [-0.05, 0) is 60.7 Å². The molecule has 1 unspecified atom stereocenters. The summed E-state index contributed by atoms with van der Waals surface area (Å²) in [4.78, 5) is 12.8. The Balaban J connectivity index is 1.43. The number of sulfonamides is 1. The van der Waals surface area contributed by atoms with Gasteiger partial charge in [0, 0.05) is 12.2 Å². The van der Waals surface area contributed by atoms with Crippen molar-refractivity contribution in [2.75, 3.05) is 11.9 Å². The topological polar surface area (TPSA) is 91.2 Å². The van der Waals surface area contributed by atoms with Crippen molar-refractivity contribution < 1.29 is 13.2 Å². The average molecular weight is 441 g/mol. The molecule has 9 heteroatoms. The van der Waals surface area contributed by atoms with Crippen molar-refractivity contribution in [3.8, 4) is 0 Å². The third-order valence-corrected chi connectivity index (χ3v) is 8.02. The number of azo groups is 1. The number of rotatable bonds is 6. The van der Waals surface area contributed by atoms with Gasteiger partial charge in [-0.25, -0.2) is 8.42 Å². The van der Waals surface area contributed by atoms with E-state index in [2.05, 4.69) is 15.5 Å². The Morgan fingerprint density at radius 1 is 0.967 bits per heavy atom. The molecule has 3 aromatic rings. The van der Waals surface area contributed by atoms with Crippen LogP contribution in [0.4, 0.5) is 17.1 Å². The van der Waals surface area contributed by atoms with Crippen LogP contribution in [0.25, 0.3) is 0 Å². The maximum Gasteiger partial charge on any atom is 0.253 e. The summed E-state index contributed by atoms with van der Waals surface area (Å²) in [7, 11) is -3.66. The standard InChI is InChI=1S/C21H20N4O3S2/c26-21(19-8-4-14-25(19)30(27,28)20-9-5-15-29-20)22-16-10-12-18(13-11-16)24-23-17-6-2-1-3-7-17/h1-3,5-7,9-13,15,19H,4,8,14H2,(H,22,26). The Hall–Kier alpha value is -2.88. The van der Waals surface area contributed by atoms with E-state index in [4.69, 9.17) is 0 Å². The van der Waals surface area contributed by atoms with Crippen molar-refractivity contribution in [1.82, 2.24) is 4.31 Å². The van der Waals surface area contributed by atoms with E-state index in [1.807, 2.05) is 30.3 Å².